The molecule has 0 saturated heterocycles. The molecule has 4 heterocycles. The van der Waals surface area contributed by atoms with E-state index in [-0.39, 0.29) is 31.4 Å². The number of aromatic nitrogens is 8. The molecule has 4 aromatic heterocycles. The molecule has 31 heavy (non-hydrogen) atoms. The Kier molecular flexibility index (Phi) is 7.56. The van der Waals surface area contributed by atoms with Crippen molar-refractivity contribution in [3.63, 3.8) is 0 Å². The van der Waals surface area contributed by atoms with Crippen molar-refractivity contribution >= 4 is 0 Å². The molecule has 4 aromatic rings. The van der Waals surface area contributed by atoms with Gasteiger partial charge in [-0.25, -0.2) is 9.97 Å². The fourth-order valence-corrected chi connectivity index (χ4v) is 2.00. The minimum atomic E-state index is -4.51. The van der Waals surface area contributed by atoms with Crippen molar-refractivity contribution in [1.29, 1.82) is 0 Å². The van der Waals surface area contributed by atoms with Crippen LogP contribution in [0.25, 0.3) is 23.0 Å². The molecule has 0 unspecified atom stereocenters. The zero-order chi connectivity index (χ0) is 21.8. The Morgan fingerprint density at radius 2 is 1.00 bits per heavy atom. The quantitative estimate of drug-likeness (QED) is 0.332. The second-order valence-corrected chi connectivity index (χ2v) is 5.44. The van der Waals surface area contributed by atoms with E-state index < -0.39 is 24.0 Å². The summed E-state index contributed by atoms with van der Waals surface area (Å²) in [5.41, 5.74) is 0.591. The standard InChI is InChI=1S/2C8H5F3N4.Os/c2*9-8(10,11)7-13-6(14-15-7)5-3-1-2-4-12-5;/h2*1-4H,(H,13,14,15);/q;;+2. The van der Waals surface area contributed by atoms with Gasteiger partial charge in [-0.2, -0.15) is 36.5 Å². The normalized spacial score (nSPS) is 11.3. The van der Waals surface area contributed by atoms with Gasteiger partial charge >= 0.3 is 32.1 Å². The predicted octanol–water partition coefficient (Wildman–Crippen LogP) is 3.77. The number of pyridine rings is 2. The zero-order valence-corrected chi connectivity index (χ0v) is 17.5. The van der Waals surface area contributed by atoms with Crippen LogP contribution >= 0.6 is 0 Å². The van der Waals surface area contributed by atoms with Gasteiger partial charge in [0.1, 0.15) is 11.4 Å². The van der Waals surface area contributed by atoms with Crippen molar-refractivity contribution in [2.45, 2.75) is 12.4 Å². The van der Waals surface area contributed by atoms with Gasteiger partial charge in [0.15, 0.2) is 11.6 Å². The molecule has 0 aliphatic carbocycles. The van der Waals surface area contributed by atoms with E-state index in [9.17, 15) is 26.3 Å². The van der Waals surface area contributed by atoms with Crippen LogP contribution in [0.2, 0.25) is 0 Å². The topological polar surface area (TPSA) is 109 Å². The monoisotopic (exact) mass is 620 g/mol. The molecule has 0 spiro atoms. The van der Waals surface area contributed by atoms with Gasteiger partial charge in [0.25, 0.3) is 0 Å². The van der Waals surface area contributed by atoms with Gasteiger partial charge in [0.05, 0.1) is 0 Å². The average Bonchev–Trinajstić information content (AvgIpc) is 3.40. The number of halogens is 6. The predicted molar refractivity (Wildman–Crippen MR) is 89.2 cm³/mol. The van der Waals surface area contributed by atoms with Crippen LogP contribution in [0.5, 0.6) is 0 Å². The number of nitrogens with zero attached hydrogens (tertiary/aromatic N) is 6. The van der Waals surface area contributed by atoms with Crippen LogP contribution in [-0.4, -0.2) is 40.3 Å². The molecular weight excluding hydrogens is 608 g/mol. The van der Waals surface area contributed by atoms with Crippen molar-refractivity contribution < 1.29 is 46.1 Å². The number of hydrogen-bond acceptors (Lipinski definition) is 6. The van der Waals surface area contributed by atoms with E-state index in [1.165, 1.54) is 24.5 Å². The maximum atomic E-state index is 12.2. The van der Waals surface area contributed by atoms with Gasteiger partial charge in [0, 0.05) is 12.4 Å². The number of H-pyrrole nitrogens is 2. The molecule has 15 heteroatoms. The molecule has 4 rings (SSSR count). The molecule has 2 N–H and O–H groups in total. The van der Waals surface area contributed by atoms with E-state index >= 15 is 0 Å². The number of aromatic amines is 2. The first kappa shape index (κ1) is 24.1. The summed E-state index contributed by atoms with van der Waals surface area (Å²) in [5.74, 6) is -2.38. The van der Waals surface area contributed by atoms with E-state index in [1.54, 1.807) is 24.3 Å². The summed E-state index contributed by atoms with van der Waals surface area (Å²) in [6, 6.07) is 9.66. The number of alkyl halides is 6. The molecule has 0 radical (unpaired) electrons. The maximum Gasteiger partial charge on any atom is 2.00 e. The minimum Gasteiger partial charge on any atom is -0.255 e. The van der Waals surface area contributed by atoms with E-state index in [0.717, 1.165) is 0 Å². The van der Waals surface area contributed by atoms with Crippen LogP contribution in [0, 0.1) is 0 Å². The summed E-state index contributed by atoms with van der Waals surface area (Å²) in [4.78, 5) is 14.3. The molecule has 162 valence electrons. The van der Waals surface area contributed by atoms with Crippen LogP contribution in [-0.2, 0) is 32.1 Å². The fourth-order valence-electron chi connectivity index (χ4n) is 2.00. The Morgan fingerprint density at radius 3 is 1.26 bits per heavy atom. The molecule has 0 aliphatic rings. The Balaban J connectivity index is 0.000000213. The summed E-state index contributed by atoms with van der Waals surface area (Å²) in [7, 11) is 0. The van der Waals surface area contributed by atoms with Crippen molar-refractivity contribution in [2.24, 2.45) is 0 Å². The molecule has 0 atom stereocenters. The van der Waals surface area contributed by atoms with Crippen LogP contribution in [0.4, 0.5) is 26.3 Å². The van der Waals surface area contributed by atoms with Crippen molar-refractivity contribution in [2.75, 3.05) is 0 Å². The number of rotatable bonds is 2. The van der Waals surface area contributed by atoms with Crippen molar-refractivity contribution in [3.05, 3.63) is 60.4 Å². The molecule has 0 fully saturated rings. The number of hydrogen-bond donors (Lipinski definition) is 2. The summed E-state index contributed by atoms with van der Waals surface area (Å²) < 4.78 is 73.0. The number of nitrogens with one attached hydrogen (secondary N) is 2. The molecule has 0 bridgehead atoms. The third-order valence-electron chi connectivity index (χ3n) is 3.30. The van der Waals surface area contributed by atoms with E-state index in [1.807, 2.05) is 10.2 Å². The van der Waals surface area contributed by atoms with Crippen molar-refractivity contribution in [1.82, 2.24) is 40.3 Å². The van der Waals surface area contributed by atoms with Crippen LogP contribution < -0.4 is 0 Å². The van der Waals surface area contributed by atoms with E-state index in [0.29, 0.717) is 11.4 Å². The van der Waals surface area contributed by atoms with E-state index in [2.05, 4.69) is 30.1 Å². The maximum absolute atomic E-state index is 12.2. The van der Waals surface area contributed by atoms with Gasteiger partial charge in [-0.15, -0.1) is 0 Å². The summed E-state index contributed by atoms with van der Waals surface area (Å²) in [6.07, 6.45) is -6.11. The first-order valence-corrected chi connectivity index (χ1v) is 7.96. The van der Waals surface area contributed by atoms with Crippen LogP contribution in [0.1, 0.15) is 11.6 Å². The second kappa shape index (κ2) is 9.74. The molecule has 0 aromatic carbocycles. The van der Waals surface area contributed by atoms with Crippen LogP contribution in [0.15, 0.2) is 48.8 Å². The zero-order valence-electron chi connectivity index (χ0n) is 14.9. The fraction of sp³-hybridized carbons (Fsp3) is 0.125. The SMILES string of the molecule is FC(F)(F)c1nc(-c2ccccn2)n[nH]1.FC(F)(F)c1nc(-c2ccccn2)n[nH]1.[Os+2]. The Labute approximate surface area is 182 Å². The Bertz CT molecular complexity index is 991. The van der Waals surface area contributed by atoms with Crippen LogP contribution in [0.3, 0.4) is 0 Å². The molecule has 0 aliphatic heterocycles. The molecule has 0 amide bonds. The van der Waals surface area contributed by atoms with Gasteiger partial charge in [0.2, 0.25) is 11.6 Å². The largest absolute Gasteiger partial charge is 2.00 e. The molecule has 8 nitrogen and oxygen atoms in total. The summed E-state index contributed by atoms with van der Waals surface area (Å²) >= 11 is 0. The van der Waals surface area contributed by atoms with Gasteiger partial charge in [-0.3, -0.25) is 20.2 Å². The van der Waals surface area contributed by atoms with Gasteiger partial charge in [-0.05, 0) is 24.3 Å². The van der Waals surface area contributed by atoms with Gasteiger partial charge < -0.3 is 0 Å². The third-order valence-corrected chi connectivity index (χ3v) is 3.30. The molecular formula is C16H10F6N8Os+2. The Hall–Kier alpha value is -3.20. The molecule has 0 saturated carbocycles. The Morgan fingerprint density at radius 1 is 0.613 bits per heavy atom. The third kappa shape index (κ3) is 6.39. The minimum absolute atomic E-state index is 0. The summed E-state index contributed by atoms with van der Waals surface area (Å²) in [6.45, 7) is 0. The van der Waals surface area contributed by atoms with Crippen molar-refractivity contribution in [3.8, 4) is 23.0 Å². The first-order valence-electron chi connectivity index (χ1n) is 7.96. The smallest absolute Gasteiger partial charge is 0.255 e. The summed E-state index contributed by atoms with van der Waals surface area (Å²) in [5, 5.41) is 10.5. The van der Waals surface area contributed by atoms with E-state index in [4.69, 9.17) is 0 Å². The average molecular weight is 619 g/mol. The van der Waals surface area contributed by atoms with Gasteiger partial charge in [-0.1, -0.05) is 12.1 Å². The first-order chi connectivity index (χ1) is 14.1. The second-order valence-electron chi connectivity index (χ2n) is 5.44.